The van der Waals surface area contributed by atoms with E-state index in [1.807, 2.05) is 24.3 Å². The van der Waals surface area contributed by atoms with Crippen molar-refractivity contribution in [2.45, 2.75) is 18.3 Å². The van der Waals surface area contributed by atoms with Crippen LogP contribution in [-0.2, 0) is 5.41 Å². The molecule has 1 fully saturated rings. The Morgan fingerprint density at radius 1 is 1.04 bits per heavy atom. The van der Waals surface area contributed by atoms with Gasteiger partial charge in [-0.2, -0.15) is 0 Å². The smallest absolute Gasteiger partial charge is 0.261 e. The average Bonchev–Trinajstić information content (AvgIpc) is 2.94. The summed E-state index contributed by atoms with van der Waals surface area (Å²) in [6, 6.07) is 11.4. The van der Waals surface area contributed by atoms with Gasteiger partial charge in [0.25, 0.3) is 5.91 Å². The van der Waals surface area contributed by atoms with Gasteiger partial charge in [-0.3, -0.25) is 4.79 Å². The molecule has 0 unspecified atom stereocenters. The lowest BCUT2D eigenvalue weighted by molar-refractivity contribution is 0.0976. The molecule has 1 amide bonds. The molecule has 0 aromatic heterocycles. The van der Waals surface area contributed by atoms with Crippen molar-refractivity contribution in [3.05, 3.63) is 65.2 Å². The van der Waals surface area contributed by atoms with E-state index in [0.29, 0.717) is 6.54 Å². The molecule has 3 nitrogen and oxygen atoms in total. The maximum Gasteiger partial charge on any atom is 0.261 e. The largest absolute Gasteiger partial charge is 0.307 e. The summed E-state index contributed by atoms with van der Waals surface area (Å²) in [7, 11) is 0. The van der Waals surface area contributed by atoms with Gasteiger partial charge in [-0.15, -0.1) is 0 Å². The minimum absolute atomic E-state index is 0.179. The molecule has 1 saturated heterocycles. The van der Waals surface area contributed by atoms with Crippen molar-refractivity contribution in [1.82, 2.24) is 4.42 Å². The van der Waals surface area contributed by atoms with Crippen LogP contribution < -0.4 is 4.90 Å². The van der Waals surface area contributed by atoms with Crippen molar-refractivity contribution in [3.8, 4) is 0 Å². The Hall–Kier alpha value is -1.98. The third-order valence-electron chi connectivity index (χ3n) is 5.32. The maximum atomic E-state index is 14.1. The number of carbonyl (C=O) groups is 1. The first kappa shape index (κ1) is 16.5. The summed E-state index contributed by atoms with van der Waals surface area (Å²) in [5.41, 5.74) is 1.45. The molecular formula is C19H17ClF2N2O. The quantitative estimate of drug-likeness (QED) is 0.713. The molecule has 25 heavy (non-hydrogen) atoms. The molecule has 2 aromatic carbocycles. The number of para-hydroxylation sites is 1. The minimum Gasteiger partial charge on any atom is -0.307 e. The number of carbonyl (C=O) groups excluding carboxylic acids is 1. The Morgan fingerprint density at radius 3 is 2.52 bits per heavy atom. The van der Waals surface area contributed by atoms with E-state index < -0.39 is 17.5 Å². The number of fused-ring (bicyclic) bond motifs is 2. The van der Waals surface area contributed by atoms with Gasteiger partial charge in [-0.1, -0.05) is 24.3 Å². The number of hydrogen-bond donors (Lipinski definition) is 0. The maximum absolute atomic E-state index is 14.1. The molecule has 2 heterocycles. The predicted molar refractivity (Wildman–Crippen MR) is 92.8 cm³/mol. The normalized spacial score (nSPS) is 19.2. The third kappa shape index (κ3) is 2.62. The topological polar surface area (TPSA) is 23.6 Å². The highest BCUT2D eigenvalue weighted by atomic mass is 35.5. The fraction of sp³-hybridized carbons (Fsp3) is 0.316. The lowest BCUT2D eigenvalue weighted by Crippen LogP contribution is -2.43. The molecule has 2 aromatic rings. The lowest BCUT2D eigenvalue weighted by atomic mass is 9.75. The highest BCUT2D eigenvalue weighted by Crippen LogP contribution is 2.47. The first-order chi connectivity index (χ1) is 12.0. The fourth-order valence-corrected chi connectivity index (χ4v) is 4.13. The van der Waals surface area contributed by atoms with Crippen LogP contribution in [0.1, 0.15) is 28.8 Å². The second-order valence-corrected chi connectivity index (χ2v) is 7.18. The van der Waals surface area contributed by atoms with Crippen LogP contribution >= 0.6 is 11.8 Å². The van der Waals surface area contributed by atoms with Gasteiger partial charge in [0.2, 0.25) is 0 Å². The van der Waals surface area contributed by atoms with Gasteiger partial charge >= 0.3 is 0 Å². The van der Waals surface area contributed by atoms with E-state index in [1.54, 1.807) is 9.32 Å². The Labute approximate surface area is 149 Å². The van der Waals surface area contributed by atoms with Crippen LogP contribution in [0.5, 0.6) is 0 Å². The van der Waals surface area contributed by atoms with Gasteiger partial charge in [-0.25, -0.2) is 13.2 Å². The zero-order valence-corrected chi connectivity index (χ0v) is 14.3. The molecule has 0 aliphatic carbocycles. The second-order valence-electron chi connectivity index (χ2n) is 6.70. The Morgan fingerprint density at radius 2 is 1.76 bits per heavy atom. The van der Waals surface area contributed by atoms with Crippen LogP contribution in [0.2, 0.25) is 0 Å². The van der Waals surface area contributed by atoms with Crippen LogP contribution in [0, 0.1) is 11.6 Å². The highest BCUT2D eigenvalue weighted by Gasteiger charge is 2.46. The summed E-state index contributed by atoms with van der Waals surface area (Å²) >= 11 is 6.10. The monoisotopic (exact) mass is 362 g/mol. The SMILES string of the molecule is O=C(c1cccc(F)c1F)N1CC2(CCN(Cl)CC2)c2ccccc21. The first-order valence-electron chi connectivity index (χ1n) is 8.28. The zero-order chi connectivity index (χ0) is 17.6. The van der Waals surface area contributed by atoms with E-state index in [4.69, 9.17) is 11.8 Å². The Balaban J connectivity index is 1.74. The molecule has 1 spiro atoms. The first-order valence-corrected chi connectivity index (χ1v) is 8.62. The number of halogens is 3. The van der Waals surface area contributed by atoms with Gasteiger partial charge < -0.3 is 4.90 Å². The number of rotatable bonds is 1. The lowest BCUT2D eigenvalue weighted by Gasteiger charge is -2.37. The molecule has 6 heteroatoms. The van der Waals surface area contributed by atoms with Crippen LogP contribution in [0.3, 0.4) is 0 Å². The van der Waals surface area contributed by atoms with Crippen molar-refractivity contribution in [1.29, 1.82) is 0 Å². The summed E-state index contributed by atoms with van der Waals surface area (Å²) in [4.78, 5) is 14.5. The summed E-state index contributed by atoms with van der Waals surface area (Å²) in [6.07, 6.45) is 1.64. The molecular weight excluding hydrogens is 346 g/mol. The van der Waals surface area contributed by atoms with Crippen molar-refractivity contribution in [2.75, 3.05) is 24.5 Å². The van der Waals surface area contributed by atoms with Crippen molar-refractivity contribution in [3.63, 3.8) is 0 Å². The van der Waals surface area contributed by atoms with Gasteiger partial charge in [0.15, 0.2) is 11.6 Å². The molecule has 0 saturated carbocycles. The second kappa shape index (κ2) is 6.07. The van der Waals surface area contributed by atoms with Crippen LogP contribution in [0.15, 0.2) is 42.5 Å². The zero-order valence-electron chi connectivity index (χ0n) is 13.5. The molecule has 2 aliphatic heterocycles. The van der Waals surface area contributed by atoms with Crippen molar-refractivity contribution >= 4 is 23.4 Å². The van der Waals surface area contributed by atoms with E-state index in [1.165, 1.54) is 12.1 Å². The molecule has 0 atom stereocenters. The molecule has 0 bridgehead atoms. The molecule has 2 aliphatic rings. The highest BCUT2D eigenvalue weighted by molar-refractivity contribution is 6.13. The van der Waals surface area contributed by atoms with Gasteiger partial charge in [0.05, 0.1) is 5.56 Å². The summed E-state index contributed by atoms with van der Waals surface area (Å²) in [6.45, 7) is 1.92. The number of piperidine rings is 1. The van der Waals surface area contributed by atoms with E-state index in [-0.39, 0.29) is 11.0 Å². The van der Waals surface area contributed by atoms with Crippen LogP contribution in [-0.4, -0.2) is 30.0 Å². The number of nitrogens with zero attached hydrogens (tertiary/aromatic N) is 2. The van der Waals surface area contributed by atoms with Crippen molar-refractivity contribution < 1.29 is 13.6 Å². The summed E-state index contributed by atoms with van der Waals surface area (Å²) < 4.78 is 29.4. The standard InChI is InChI=1S/C19H17ClF2N2O/c20-23-10-8-19(9-11-23)12-24(16-7-2-1-5-14(16)19)18(25)13-4-3-6-15(21)17(13)22/h1-7H,8-12H2. The molecule has 0 radical (unpaired) electrons. The van der Waals surface area contributed by atoms with E-state index >= 15 is 0 Å². The number of benzene rings is 2. The van der Waals surface area contributed by atoms with E-state index in [2.05, 4.69) is 0 Å². The van der Waals surface area contributed by atoms with Gasteiger partial charge in [0, 0.05) is 30.7 Å². The number of anilines is 1. The van der Waals surface area contributed by atoms with E-state index in [9.17, 15) is 13.6 Å². The van der Waals surface area contributed by atoms with Crippen LogP contribution in [0.4, 0.5) is 14.5 Å². The molecule has 4 rings (SSSR count). The molecule has 130 valence electrons. The average molecular weight is 363 g/mol. The fourth-order valence-electron chi connectivity index (χ4n) is 3.96. The molecule has 0 N–H and O–H groups in total. The minimum atomic E-state index is -1.10. The predicted octanol–water partition coefficient (Wildman–Crippen LogP) is 4.11. The summed E-state index contributed by atoms with van der Waals surface area (Å²) in [5, 5.41) is 0. The Kier molecular flexibility index (Phi) is 4.01. The van der Waals surface area contributed by atoms with Gasteiger partial charge in [-0.05, 0) is 48.4 Å². The number of hydrogen-bond acceptors (Lipinski definition) is 2. The Bertz CT molecular complexity index is 834. The van der Waals surface area contributed by atoms with E-state index in [0.717, 1.165) is 43.2 Å². The van der Waals surface area contributed by atoms with Crippen molar-refractivity contribution in [2.24, 2.45) is 0 Å². The van der Waals surface area contributed by atoms with Gasteiger partial charge in [0.1, 0.15) is 0 Å². The number of amides is 1. The summed E-state index contributed by atoms with van der Waals surface area (Å²) in [5.74, 6) is -2.61. The third-order valence-corrected chi connectivity index (χ3v) is 5.66. The van der Waals surface area contributed by atoms with Crippen LogP contribution in [0.25, 0.3) is 0 Å².